The molecule has 2 nitrogen and oxygen atoms in total. The van der Waals surface area contributed by atoms with Crippen LogP contribution in [0.15, 0.2) is 0 Å². The van der Waals surface area contributed by atoms with Crippen LogP contribution in [0.5, 0.6) is 0 Å². The van der Waals surface area contributed by atoms with E-state index in [2.05, 4.69) is 0 Å². The van der Waals surface area contributed by atoms with Crippen molar-refractivity contribution in [3.8, 4) is 0 Å². The fourth-order valence-corrected chi connectivity index (χ4v) is 1.14. The van der Waals surface area contributed by atoms with E-state index in [0.717, 1.165) is 12.8 Å². The Kier molecular flexibility index (Phi) is 1.58. The lowest BCUT2D eigenvalue weighted by Crippen LogP contribution is -2.32. The largest absolute Gasteiger partial charge is 0.455 e. The second-order valence-electron chi connectivity index (χ2n) is 2.63. The van der Waals surface area contributed by atoms with Crippen LogP contribution in [0.3, 0.4) is 0 Å². The summed E-state index contributed by atoms with van der Waals surface area (Å²) in [5.41, 5.74) is 0. The Hall–Kier alpha value is -0.0151. The van der Waals surface area contributed by atoms with Gasteiger partial charge in [0.15, 0.2) is 0 Å². The third kappa shape index (κ3) is 0.882. The van der Waals surface area contributed by atoms with Crippen LogP contribution in [0.1, 0.15) is 19.8 Å². The van der Waals surface area contributed by atoms with Crippen LogP contribution in [-0.2, 0) is 0 Å². The Morgan fingerprint density at radius 2 is 2.00 bits per heavy atom. The van der Waals surface area contributed by atoms with Crippen LogP contribution < -0.4 is 0 Å². The summed E-state index contributed by atoms with van der Waals surface area (Å²) in [6.07, 6.45) is 2.14. The van der Waals surface area contributed by atoms with Crippen LogP contribution in [0, 0.1) is 5.92 Å². The average Bonchev–Trinajstić information content (AvgIpc) is 1.61. The van der Waals surface area contributed by atoms with Gasteiger partial charge in [0, 0.05) is 0 Å². The normalized spacial score (nSPS) is 36.4. The minimum Gasteiger partial charge on any atom is -0.427 e. The van der Waals surface area contributed by atoms with E-state index in [9.17, 15) is 0 Å². The molecule has 2 N–H and O–H groups in total. The summed E-state index contributed by atoms with van der Waals surface area (Å²) in [7, 11) is -1.07. The molecular formula is C5H11BO2. The molecule has 1 rings (SSSR count). The maximum Gasteiger partial charge on any atom is 0.455 e. The molecule has 0 aromatic carbocycles. The molecule has 0 aromatic heterocycles. The zero-order valence-corrected chi connectivity index (χ0v) is 5.04. The van der Waals surface area contributed by atoms with Gasteiger partial charge in [0.1, 0.15) is 0 Å². The Morgan fingerprint density at radius 1 is 1.38 bits per heavy atom. The molecule has 1 saturated carbocycles. The van der Waals surface area contributed by atoms with E-state index in [1.165, 1.54) is 0 Å². The molecule has 0 radical (unpaired) electrons. The van der Waals surface area contributed by atoms with E-state index in [4.69, 9.17) is 10.0 Å². The van der Waals surface area contributed by atoms with Crippen molar-refractivity contribution in [2.75, 3.05) is 0 Å². The van der Waals surface area contributed by atoms with Crippen LogP contribution in [0.4, 0.5) is 0 Å². The summed E-state index contributed by atoms with van der Waals surface area (Å²) in [6, 6.07) is 0. The van der Waals surface area contributed by atoms with Crippen LogP contribution in [0.25, 0.3) is 0 Å². The van der Waals surface area contributed by atoms with E-state index < -0.39 is 7.12 Å². The predicted octanol–water partition coefficient (Wildman–Crippen LogP) is 0.259. The highest BCUT2D eigenvalue weighted by atomic mass is 16.4. The second-order valence-corrected chi connectivity index (χ2v) is 2.63. The molecule has 8 heavy (non-hydrogen) atoms. The maximum atomic E-state index is 8.60. The van der Waals surface area contributed by atoms with Gasteiger partial charge in [-0.25, -0.2) is 0 Å². The molecule has 1 fully saturated rings. The van der Waals surface area contributed by atoms with Gasteiger partial charge in [-0.3, -0.25) is 0 Å². The van der Waals surface area contributed by atoms with Crippen molar-refractivity contribution in [2.45, 2.75) is 25.6 Å². The van der Waals surface area contributed by atoms with E-state index >= 15 is 0 Å². The highest BCUT2D eigenvalue weighted by Crippen LogP contribution is 2.39. The minimum absolute atomic E-state index is 0.162. The fourth-order valence-electron chi connectivity index (χ4n) is 1.14. The van der Waals surface area contributed by atoms with E-state index in [0.29, 0.717) is 5.92 Å². The molecular weight excluding hydrogens is 103 g/mol. The molecule has 0 heterocycles. The Balaban J connectivity index is 2.26. The van der Waals surface area contributed by atoms with Crippen molar-refractivity contribution in [1.29, 1.82) is 0 Å². The first-order valence-corrected chi connectivity index (χ1v) is 3.08. The Labute approximate surface area is 49.7 Å². The van der Waals surface area contributed by atoms with Gasteiger partial charge in [-0.15, -0.1) is 0 Å². The van der Waals surface area contributed by atoms with Gasteiger partial charge in [0.05, 0.1) is 0 Å². The molecule has 2 atom stereocenters. The van der Waals surface area contributed by atoms with Crippen molar-refractivity contribution < 1.29 is 10.0 Å². The monoisotopic (exact) mass is 114 g/mol. The maximum absolute atomic E-state index is 8.60. The SMILES string of the molecule is CC1CCC1B(O)O. The van der Waals surface area contributed by atoms with Crippen LogP contribution >= 0.6 is 0 Å². The van der Waals surface area contributed by atoms with Gasteiger partial charge >= 0.3 is 7.12 Å². The topological polar surface area (TPSA) is 40.5 Å². The average molecular weight is 114 g/mol. The molecule has 3 heteroatoms. The minimum atomic E-state index is -1.07. The van der Waals surface area contributed by atoms with Gasteiger partial charge < -0.3 is 10.0 Å². The van der Waals surface area contributed by atoms with Crippen molar-refractivity contribution >= 4 is 7.12 Å². The lowest BCUT2D eigenvalue weighted by atomic mass is 9.55. The molecule has 0 bridgehead atoms. The Bertz CT molecular complexity index is 79.7. The van der Waals surface area contributed by atoms with E-state index in [1.807, 2.05) is 6.92 Å². The molecule has 0 spiro atoms. The number of rotatable bonds is 1. The third-order valence-electron chi connectivity index (χ3n) is 2.07. The molecule has 0 aliphatic heterocycles. The lowest BCUT2D eigenvalue weighted by Gasteiger charge is -2.32. The van der Waals surface area contributed by atoms with Gasteiger partial charge in [-0.2, -0.15) is 0 Å². The Morgan fingerprint density at radius 3 is 2.00 bits per heavy atom. The summed E-state index contributed by atoms with van der Waals surface area (Å²) < 4.78 is 0. The summed E-state index contributed by atoms with van der Waals surface area (Å²) >= 11 is 0. The molecule has 0 aromatic rings. The standard InChI is InChI=1S/C5H11BO2/c1-4-2-3-5(4)6(7)8/h4-5,7-8H,2-3H2,1H3. The summed E-state index contributed by atoms with van der Waals surface area (Å²) in [6.45, 7) is 2.05. The first-order valence-electron chi connectivity index (χ1n) is 3.08. The molecule has 1 aliphatic carbocycles. The smallest absolute Gasteiger partial charge is 0.427 e. The zero-order chi connectivity index (χ0) is 6.15. The van der Waals surface area contributed by atoms with Crippen molar-refractivity contribution in [3.63, 3.8) is 0 Å². The molecule has 1 aliphatic rings. The highest BCUT2D eigenvalue weighted by Gasteiger charge is 2.35. The first-order chi connectivity index (χ1) is 3.72. The highest BCUT2D eigenvalue weighted by molar-refractivity contribution is 6.43. The number of hydrogen-bond donors (Lipinski definition) is 2. The van der Waals surface area contributed by atoms with Crippen molar-refractivity contribution in [1.82, 2.24) is 0 Å². The third-order valence-corrected chi connectivity index (χ3v) is 2.07. The number of hydrogen-bond acceptors (Lipinski definition) is 2. The van der Waals surface area contributed by atoms with E-state index in [1.54, 1.807) is 0 Å². The van der Waals surface area contributed by atoms with Crippen molar-refractivity contribution in [3.05, 3.63) is 0 Å². The summed E-state index contributed by atoms with van der Waals surface area (Å²) in [5.74, 6) is 0.685. The van der Waals surface area contributed by atoms with Gasteiger partial charge in [-0.1, -0.05) is 19.8 Å². The first kappa shape index (κ1) is 6.11. The van der Waals surface area contributed by atoms with Gasteiger partial charge in [0.25, 0.3) is 0 Å². The van der Waals surface area contributed by atoms with Crippen LogP contribution in [-0.4, -0.2) is 17.2 Å². The lowest BCUT2D eigenvalue weighted by molar-refractivity contribution is 0.267. The molecule has 46 valence electrons. The van der Waals surface area contributed by atoms with Crippen LogP contribution in [0.2, 0.25) is 5.82 Å². The second kappa shape index (κ2) is 2.07. The summed E-state index contributed by atoms with van der Waals surface area (Å²) in [5, 5.41) is 17.2. The van der Waals surface area contributed by atoms with Gasteiger partial charge in [-0.05, 0) is 11.7 Å². The zero-order valence-electron chi connectivity index (χ0n) is 5.04. The predicted molar refractivity (Wildman–Crippen MR) is 32.3 cm³/mol. The summed E-state index contributed by atoms with van der Waals surface area (Å²) in [4.78, 5) is 0. The molecule has 0 saturated heterocycles. The fraction of sp³-hybridized carbons (Fsp3) is 1.00. The molecule has 0 amide bonds. The van der Waals surface area contributed by atoms with E-state index in [-0.39, 0.29) is 5.82 Å². The quantitative estimate of drug-likeness (QED) is 0.480. The van der Waals surface area contributed by atoms with Gasteiger partial charge in [0.2, 0.25) is 0 Å². The van der Waals surface area contributed by atoms with Crippen molar-refractivity contribution in [2.24, 2.45) is 5.92 Å². The molecule has 2 unspecified atom stereocenters.